The van der Waals surface area contributed by atoms with Gasteiger partial charge in [-0.25, -0.2) is 4.79 Å². The van der Waals surface area contributed by atoms with E-state index in [1.807, 2.05) is 67.6 Å². The molecule has 0 aromatic heterocycles. The van der Waals surface area contributed by atoms with Gasteiger partial charge in [-0.3, -0.25) is 4.79 Å². The molecule has 2 N–H and O–H groups in total. The zero-order valence-electron chi connectivity index (χ0n) is 14.5. The quantitative estimate of drug-likeness (QED) is 0.780. The van der Waals surface area contributed by atoms with Gasteiger partial charge < -0.3 is 20.1 Å². The largest absolute Gasteiger partial charge is 0.445 e. The predicted octanol–water partition coefficient (Wildman–Crippen LogP) is 2.25. The lowest BCUT2D eigenvalue weighted by Crippen LogP contribution is -2.72. The number of aliphatic hydroxyl groups excluding tert-OH is 1. The Morgan fingerprint density at radius 3 is 2.38 bits per heavy atom. The maximum Gasteiger partial charge on any atom is 0.408 e. The Bertz CT molecular complexity index is 751. The number of hydrogen-bond donors (Lipinski definition) is 2. The van der Waals surface area contributed by atoms with Crippen molar-refractivity contribution in [2.75, 3.05) is 6.61 Å². The number of ether oxygens (including phenoxy) is 1. The van der Waals surface area contributed by atoms with Crippen LogP contribution in [0.15, 0.2) is 60.7 Å². The summed E-state index contributed by atoms with van der Waals surface area (Å²) in [6, 6.07) is 17.5. The molecule has 0 radical (unpaired) electrons. The Kier molecular flexibility index (Phi) is 5.53. The van der Waals surface area contributed by atoms with Crippen molar-refractivity contribution in [2.45, 2.75) is 31.7 Å². The van der Waals surface area contributed by atoms with Crippen molar-refractivity contribution >= 4 is 12.0 Å². The molecule has 0 bridgehead atoms. The molecule has 1 aliphatic rings. The molecule has 26 heavy (non-hydrogen) atoms. The maximum atomic E-state index is 12.5. The Hall–Kier alpha value is -2.86. The molecule has 2 amide bonds. The van der Waals surface area contributed by atoms with E-state index in [1.165, 1.54) is 0 Å². The van der Waals surface area contributed by atoms with Crippen LogP contribution in [0.4, 0.5) is 4.79 Å². The van der Waals surface area contributed by atoms with Gasteiger partial charge in [-0.15, -0.1) is 0 Å². The van der Waals surface area contributed by atoms with Gasteiger partial charge in [0.05, 0.1) is 18.7 Å². The summed E-state index contributed by atoms with van der Waals surface area (Å²) in [7, 11) is 0. The zero-order chi connectivity index (χ0) is 18.5. The van der Waals surface area contributed by atoms with Crippen LogP contribution in [0.2, 0.25) is 0 Å². The Morgan fingerprint density at radius 1 is 1.15 bits per heavy atom. The maximum absolute atomic E-state index is 12.5. The highest BCUT2D eigenvalue weighted by molar-refractivity contribution is 5.92. The van der Waals surface area contributed by atoms with Crippen LogP contribution >= 0.6 is 0 Å². The number of carbonyl (C=O) groups excluding carboxylic acids is 2. The summed E-state index contributed by atoms with van der Waals surface area (Å²) >= 11 is 0. The van der Waals surface area contributed by atoms with Gasteiger partial charge in [0.2, 0.25) is 5.91 Å². The smallest absolute Gasteiger partial charge is 0.408 e. The normalized spacial score (nSPS) is 20.2. The molecule has 3 atom stereocenters. The van der Waals surface area contributed by atoms with Crippen molar-refractivity contribution in [1.29, 1.82) is 0 Å². The topological polar surface area (TPSA) is 78.9 Å². The van der Waals surface area contributed by atoms with Crippen LogP contribution < -0.4 is 5.32 Å². The van der Waals surface area contributed by atoms with E-state index in [0.29, 0.717) is 0 Å². The average Bonchev–Trinajstić information content (AvgIpc) is 2.69. The molecule has 1 fully saturated rings. The molecule has 2 aromatic carbocycles. The number of nitrogens with one attached hydrogen (secondary N) is 1. The lowest BCUT2D eigenvalue weighted by atomic mass is 9.91. The van der Waals surface area contributed by atoms with Gasteiger partial charge in [0, 0.05) is 0 Å². The van der Waals surface area contributed by atoms with E-state index in [4.69, 9.17) is 4.74 Å². The molecular weight excluding hydrogens is 332 g/mol. The Morgan fingerprint density at radius 2 is 1.77 bits per heavy atom. The highest BCUT2D eigenvalue weighted by Gasteiger charge is 2.50. The molecular formula is C20H22N2O4. The van der Waals surface area contributed by atoms with Gasteiger partial charge >= 0.3 is 6.09 Å². The first-order valence-corrected chi connectivity index (χ1v) is 8.57. The fourth-order valence-corrected chi connectivity index (χ4v) is 3.18. The monoisotopic (exact) mass is 354 g/mol. The van der Waals surface area contributed by atoms with Gasteiger partial charge in [0.25, 0.3) is 0 Å². The number of hydrogen-bond acceptors (Lipinski definition) is 4. The van der Waals surface area contributed by atoms with Gasteiger partial charge in [-0.05, 0) is 18.1 Å². The van der Waals surface area contributed by atoms with Crippen molar-refractivity contribution in [3.05, 3.63) is 71.8 Å². The summed E-state index contributed by atoms with van der Waals surface area (Å²) < 4.78 is 5.15. The molecule has 1 aliphatic heterocycles. The highest BCUT2D eigenvalue weighted by Crippen LogP contribution is 2.31. The molecule has 1 heterocycles. The van der Waals surface area contributed by atoms with Crippen LogP contribution in [0.5, 0.6) is 0 Å². The van der Waals surface area contributed by atoms with E-state index in [9.17, 15) is 14.7 Å². The first-order valence-electron chi connectivity index (χ1n) is 8.57. The number of likely N-dealkylation sites (tertiary alicyclic amines) is 1. The van der Waals surface area contributed by atoms with Gasteiger partial charge in [0.1, 0.15) is 12.6 Å². The fraction of sp³-hybridized carbons (Fsp3) is 0.300. The second-order valence-electron chi connectivity index (χ2n) is 6.27. The number of alkyl carbamates (subject to hydrolysis) is 1. The summed E-state index contributed by atoms with van der Waals surface area (Å²) in [5.41, 5.74) is 1.84. The highest BCUT2D eigenvalue weighted by atomic mass is 16.5. The van der Waals surface area contributed by atoms with E-state index < -0.39 is 18.2 Å². The van der Waals surface area contributed by atoms with E-state index in [1.54, 1.807) is 4.90 Å². The molecule has 6 heteroatoms. The summed E-state index contributed by atoms with van der Waals surface area (Å²) in [6.07, 6.45) is -0.669. The van der Waals surface area contributed by atoms with Crippen molar-refractivity contribution in [3.8, 4) is 0 Å². The summed E-state index contributed by atoms with van der Waals surface area (Å²) in [5, 5.41) is 12.2. The molecule has 0 aliphatic carbocycles. The van der Waals surface area contributed by atoms with Crippen LogP contribution in [0.25, 0.3) is 0 Å². The molecule has 136 valence electrons. The minimum atomic E-state index is -0.769. The molecule has 3 rings (SSSR count). The zero-order valence-corrected chi connectivity index (χ0v) is 14.5. The van der Waals surface area contributed by atoms with Crippen LogP contribution in [-0.2, 0) is 16.1 Å². The lowest BCUT2D eigenvalue weighted by molar-refractivity contribution is -0.157. The Labute approximate surface area is 152 Å². The second kappa shape index (κ2) is 8.01. The SMILES string of the molecule is CC(c1ccccc1)N1C(=O)[C@@H](NC(=O)OCc2ccccc2)[C@H]1CO. The first kappa shape index (κ1) is 17.9. The minimum absolute atomic E-state index is 0.126. The van der Waals surface area contributed by atoms with Crippen LogP contribution in [0, 0.1) is 0 Å². The third-order valence-corrected chi connectivity index (χ3v) is 4.64. The van der Waals surface area contributed by atoms with Crippen molar-refractivity contribution in [1.82, 2.24) is 10.2 Å². The Balaban J connectivity index is 1.57. The van der Waals surface area contributed by atoms with Crippen LogP contribution in [0.3, 0.4) is 0 Å². The van der Waals surface area contributed by atoms with Crippen molar-refractivity contribution < 1.29 is 19.4 Å². The third kappa shape index (κ3) is 3.70. The number of amides is 2. The fourth-order valence-electron chi connectivity index (χ4n) is 3.18. The standard InChI is InChI=1S/C20H22N2O4/c1-14(16-10-6-3-7-11-16)22-17(12-23)18(19(22)24)21-20(25)26-13-15-8-4-2-5-9-15/h2-11,14,17-18,23H,12-13H2,1H3,(H,21,25)/t14?,17-,18+/m1/s1. The second-order valence-corrected chi connectivity index (χ2v) is 6.27. The molecule has 0 spiro atoms. The summed E-state index contributed by atoms with van der Waals surface area (Å²) in [6.45, 7) is 1.80. The van der Waals surface area contributed by atoms with E-state index in [0.717, 1.165) is 11.1 Å². The third-order valence-electron chi connectivity index (χ3n) is 4.64. The molecule has 0 saturated carbocycles. The number of benzene rings is 2. The molecule has 1 saturated heterocycles. The number of aliphatic hydroxyl groups is 1. The number of carbonyl (C=O) groups is 2. The minimum Gasteiger partial charge on any atom is -0.445 e. The molecule has 2 aromatic rings. The predicted molar refractivity (Wildman–Crippen MR) is 96.1 cm³/mol. The van der Waals surface area contributed by atoms with Crippen LogP contribution in [0.1, 0.15) is 24.1 Å². The van der Waals surface area contributed by atoms with Crippen LogP contribution in [-0.4, -0.2) is 40.7 Å². The lowest BCUT2D eigenvalue weighted by Gasteiger charge is -2.49. The first-order chi connectivity index (χ1) is 12.6. The van der Waals surface area contributed by atoms with E-state index in [2.05, 4.69) is 5.32 Å². The summed E-state index contributed by atoms with van der Waals surface area (Å²) in [5.74, 6) is -0.225. The van der Waals surface area contributed by atoms with E-state index >= 15 is 0 Å². The van der Waals surface area contributed by atoms with E-state index in [-0.39, 0.29) is 25.2 Å². The van der Waals surface area contributed by atoms with Gasteiger partial charge in [-0.1, -0.05) is 60.7 Å². The van der Waals surface area contributed by atoms with Crippen molar-refractivity contribution in [3.63, 3.8) is 0 Å². The number of rotatable bonds is 6. The molecule has 1 unspecified atom stereocenters. The average molecular weight is 354 g/mol. The van der Waals surface area contributed by atoms with Gasteiger partial charge in [0.15, 0.2) is 0 Å². The summed E-state index contributed by atoms with van der Waals surface area (Å²) in [4.78, 5) is 26.1. The van der Waals surface area contributed by atoms with Gasteiger partial charge in [-0.2, -0.15) is 0 Å². The number of nitrogens with zero attached hydrogens (tertiary/aromatic N) is 1. The molecule has 6 nitrogen and oxygen atoms in total. The number of β-lactam (4-membered cyclic amide) rings is 1. The van der Waals surface area contributed by atoms with Crippen molar-refractivity contribution in [2.24, 2.45) is 0 Å².